The summed E-state index contributed by atoms with van der Waals surface area (Å²) in [5.74, 6) is 0.563. The molecule has 1 unspecified atom stereocenters. The molecule has 1 fully saturated rings. The molecule has 0 saturated heterocycles. The summed E-state index contributed by atoms with van der Waals surface area (Å²) in [5, 5.41) is 11.1. The van der Waals surface area contributed by atoms with Crippen molar-refractivity contribution in [3.8, 4) is 0 Å². The van der Waals surface area contributed by atoms with Crippen LogP contribution in [0, 0.1) is 16.0 Å². The molecule has 0 aliphatic heterocycles. The van der Waals surface area contributed by atoms with Crippen molar-refractivity contribution in [2.45, 2.75) is 43.5 Å². The Balaban J connectivity index is 2.30. The van der Waals surface area contributed by atoms with Gasteiger partial charge in [0.15, 0.2) is 4.90 Å². The van der Waals surface area contributed by atoms with Gasteiger partial charge in [0.2, 0.25) is 10.0 Å². The molecule has 0 amide bonds. The Labute approximate surface area is 123 Å². The summed E-state index contributed by atoms with van der Waals surface area (Å²) in [5.41, 5.74) is 4.82. The van der Waals surface area contributed by atoms with Gasteiger partial charge in [0, 0.05) is 6.04 Å². The second kappa shape index (κ2) is 5.98. The number of rotatable bonds is 7. The van der Waals surface area contributed by atoms with Gasteiger partial charge in [-0.25, -0.2) is 13.1 Å². The van der Waals surface area contributed by atoms with E-state index in [0.29, 0.717) is 12.3 Å². The van der Waals surface area contributed by atoms with E-state index in [1.54, 1.807) is 0 Å². The predicted molar refractivity (Wildman–Crippen MR) is 79.3 cm³/mol. The molecule has 1 aliphatic rings. The summed E-state index contributed by atoms with van der Waals surface area (Å²) in [7, 11) is -3.96. The molecule has 1 atom stereocenters. The fourth-order valence-electron chi connectivity index (χ4n) is 2.29. The number of nitro benzene ring substituents is 1. The highest BCUT2D eigenvalue weighted by Crippen LogP contribution is 2.35. The molecule has 116 valence electrons. The second-order valence-electron chi connectivity index (χ2n) is 5.36. The number of nitrogen functional groups attached to an aromatic ring is 1. The van der Waals surface area contributed by atoms with E-state index in [9.17, 15) is 18.5 Å². The van der Waals surface area contributed by atoms with Crippen molar-refractivity contribution in [1.82, 2.24) is 4.72 Å². The SMILES string of the molecule is CCC(CC1CC1)NS(=O)(=O)c1cccc(N)c1[N+](=O)[O-]. The number of sulfonamides is 1. The number of nitrogens with one attached hydrogen (secondary N) is 1. The Morgan fingerprint density at radius 2 is 2.14 bits per heavy atom. The fourth-order valence-corrected chi connectivity index (χ4v) is 3.82. The zero-order valence-electron chi connectivity index (χ0n) is 11.8. The van der Waals surface area contributed by atoms with E-state index in [0.717, 1.165) is 19.3 Å². The number of para-hydroxylation sites is 1. The third-order valence-corrected chi connectivity index (χ3v) is 5.18. The molecule has 1 aliphatic carbocycles. The zero-order chi connectivity index (χ0) is 15.6. The molecule has 21 heavy (non-hydrogen) atoms. The highest BCUT2D eigenvalue weighted by Gasteiger charge is 2.32. The van der Waals surface area contributed by atoms with E-state index >= 15 is 0 Å². The van der Waals surface area contributed by atoms with Crippen LogP contribution in [0.25, 0.3) is 0 Å². The average Bonchev–Trinajstić information content (AvgIpc) is 3.20. The molecule has 3 N–H and O–H groups in total. The van der Waals surface area contributed by atoms with Gasteiger partial charge in [-0.15, -0.1) is 0 Å². The van der Waals surface area contributed by atoms with Crippen molar-refractivity contribution in [3.63, 3.8) is 0 Å². The summed E-state index contributed by atoms with van der Waals surface area (Å²) in [4.78, 5) is 9.93. The quantitative estimate of drug-likeness (QED) is 0.454. The first kappa shape index (κ1) is 15.7. The van der Waals surface area contributed by atoms with Gasteiger partial charge in [-0.2, -0.15) is 0 Å². The van der Waals surface area contributed by atoms with E-state index in [1.165, 1.54) is 18.2 Å². The lowest BCUT2D eigenvalue weighted by Crippen LogP contribution is -2.35. The molecule has 0 heterocycles. The number of hydrogen-bond acceptors (Lipinski definition) is 5. The van der Waals surface area contributed by atoms with Crippen molar-refractivity contribution in [3.05, 3.63) is 28.3 Å². The van der Waals surface area contributed by atoms with Crippen molar-refractivity contribution in [2.24, 2.45) is 5.92 Å². The molecule has 0 radical (unpaired) electrons. The maximum absolute atomic E-state index is 12.4. The monoisotopic (exact) mass is 313 g/mol. The van der Waals surface area contributed by atoms with Gasteiger partial charge in [0.1, 0.15) is 5.69 Å². The van der Waals surface area contributed by atoms with Crippen molar-refractivity contribution in [2.75, 3.05) is 5.73 Å². The van der Waals surface area contributed by atoms with Gasteiger partial charge in [0.05, 0.1) is 4.92 Å². The Kier molecular flexibility index (Phi) is 4.48. The van der Waals surface area contributed by atoms with Crippen LogP contribution in [-0.4, -0.2) is 19.4 Å². The van der Waals surface area contributed by atoms with Gasteiger partial charge in [-0.05, 0) is 30.9 Å². The third-order valence-electron chi connectivity index (χ3n) is 3.63. The van der Waals surface area contributed by atoms with Crippen LogP contribution >= 0.6 is 0 Å². The smallest absolute Gasteiger partial charge is 0.312 e. The van der Waals surface area contributed by atoms with E-state index in [2.05, 4.69) is 4.72 Å². The number of benzene rings is 1. The van der Waals surface area contributed by atoms with E-state index < -0.39 is 20.6 Å². The van der Waals surface area contributed by atoms with E-state index in [1.807, 2.05) is 6.92 Å². The van der Waals surface area contributed by atoms with Crippen LogP contribution in [0.2, 0.25) is 0 Å². The third kappa shape index (κ3) is 3.70. The van der Waals surface area contributed by atoms with Gasteiger partial charge in [-0.3, -0.25) is 10.1 Å². The van der Waals surface area contributed by atoms with E-state index in [-0.39, 0.29) is 16.6 Å². The molecular weight excluding hydrogens is 294 g/mol. The number of anilines is 1. The first-order chi connectivity index (χ1) is 9.85. The fraction of sp³-hybridized carbons (Fsp3) is 0.538. The van der Waals surface area contributed by atoms with Gasteiger partial charge >= 0.3 is 5.69 Å². The Morgan fingerprint density at radius 3 is 2.67 bits per heavy atom. The van der Waals surface area contributed by atoms with Gasteiger partial charge in [-0.1, -0.05) is 25.8 Å². The summed E-state index contributed by atoms with van der Waals surface area (Å²) >= 11 is 0. The average molecular weight is 313 g/mol. The minimum atomic E-state index is -3.96. The minimum absolute atomic E-state index is 0.155. The predicted octanol–water partition coefficient (Wildman–Crippen LogP) is 2.03. The van der Waals surface area contributed by atoms with Crippen LogP contribution in [-0.2, 0) is 10.0 Å². The Bertz CT molecular complexity index is 641. The first-order valence-corrected chi connectivity index (χ1v) is 8.38. The molecule has 8 heteroatoms. The lowest BCUT2D eigenvalue weighted by atomic mass is 10.1. The minimum Gasteiger partial charge on any atom is -0.393 e. The molecule has 1 saturated carbocycles. The highest BCUT2D eigenvalue weighted by molar-refractivity contribution is 7.89. The maximum Gasteiger partial charge on any atom is 0.312 e. The van der Waals surface area contributed by atoms with Gasteiger partial charge < -0.3 is 5.73 Å². The lowest BCUT2D eigenvalue weighted by Gasteiger charge is -2.17. The summed E-state index contributed by atoms with van der Waals surface area (Å²) < 4.78 is 27.4. The summed E-state index contributed by atoms with van der Waals surface area (Å²) in [6.45, 7) is 1.89. The largest absolute Gasteiger partial charge is 0.393 e. The highest BCUT2D eigenvalue weighted by atomic mass is 32.2. The summed E-state index contributed by atoms with van der Waals surface area (Å²) in [6, 6.07) is 3.72. The summed E-state index contributed by atoms with van der Waals surface area (Å²) in [6.07, 6.45) is 3.66. The number of nitrogens with two attached hydrogens (primary N) is 1. The van der Waals surface area contributed by atoms with Crippen molar-refractivity contribution >= 4 is 21.4 Å². The molecule has 1 aromatic rings. The van der Waals surface area contributed by atoms with Crippen LogP contribution in [0.3, 0.4) is 0 Å². The van der Waals surface area contributed by atoms with Crippen LogP contribution < -0.4 is 10.5 Å². The maximum atomic E-state index is 12.4. The zero-order valence-corrected chi connectivity index (χ0v) is 12.6. The first-order valence-electron chi connectivity index (χ1n) is 6.90. The van der Waals surface area contributed by atoms with Gasteiger partial charge in [0.25, 0.3) is 0 Å². The number of nitro groups is 1. The van der Waals surface area contributed by atoms with Crippen molar-refractivity contribution in [1.29, 1.82) is 0 Å². The Morgan fingerprint density at radius 1 is 1.48 bits per heavy atom. The molecule has 2 rings (SSSR count). The molecular formula is C13H19N3O4S. The van der Waals surface area contributed by atoms with Crippen LogP contribution in [0.4, 0.5) is 11.4 Å². The molecule has 0 bridgehead atoms. The van der Waals surface area contributed by atoms with Crippen molar-refractivity contribution < 1.29 is 13.3 Å². The molecule has 0 spiro atoms. The van der Waals surface area contributed by atoms with Crippen LogP contribution in [0.5, 0.6) is 0 Å². The molecule has 7 nitrogen and oxygen atoms in total. The number of nitrogens with zero attached hydrogens (tertiary/aromatic N) is 1. The lowest BCUT2D eigenvalue weighted by molar-refractivity contribution is -0.386. The normalized spacial score (nSPS) is 16.6. The molecule has 1 aromatic carbocycles. The van der Waals surface area contributed by atoms with E-state index in [4.69, 9.17) is 5.73 Å². The standard InChI is InChI=1S/C13H19N3O4S/c1-2-10(8-9-6-7-9)15-21(19,20)12-5-3-4-11(14)13(12)16(17)18/h3-5,9-10,15H,2,6-8,14H2,1H3. The Hall–Kier alpha value is -1.67. The van der Waals surface area contributed by atoms with Crippen LogP contribution in [0.1, 0.15) is 32.6 Å². The molecule has 0 aromatic heterocycles. The topological polar surface area (TPSA) is 115 Å². The second-order valence-corrected chi connectivity index (χ2v) is 7.04. The number of hydrogen-bond donors (Lipinski definition) is 2. The van der Waals surface area contributed by atoms with Crippen LogP contribution in [0.15, 0.2) is 23.1 Å².